The van der Waals surface area contributed by atoms with E-state index in [4.69, 9.17) is 0 Å². The molecule has 3 rings (SSSR count). The molecule has 7 nitrogen and oxygen atoms in total. The molecule has 2 fully saturated rings. The number of carbonyl (C=O) groups excluding carboxylic acids is 2. The highest BCUT2D eigenvalue weighted by Crippen LogP contribution is 2.38. The molecule has 0 saturated carbocycles. The number of rotatable bonds is 5. The van der Waals surface area contributed by atoms with Gasteiger partial charge in [-0.15, -0.1) is 0 Å². The molecule has 0 bridgehead atoms. The Hall–Kier alpha value is -1.99. The molecule has 1 aromatic rings. The first kappa shape index (κ1) is 17.8. The molecule has 1 unspecified atom stereocenters. The van der Waals surface area contributed by atoms with Crippen LogP contribution in [0, 0.1) is 0 Å². The third kappa shape index (κ3) is 3.02. The number of nitrogens with zero attached hydrogens (tertiary/aromatic N) is 4. The summed E-state index contributed by atoms with van der Waals surface area (Å²) in [6.07, 6.45) is 2.88. The molecule has 1 spiro atoms. The Morgan fingerprint density at radius 1 is 1.28 bits per heavy atom. The van der Waals surface area contributed by atoms with Crippen LogP contribution in [0.5, 0.6) is 0 Å². The average molecular weight is 346 g/mol. The van der Waals surface area contributed by atoms with Crippen LogP contribution in [-0.4, -0.2) is 74.6 Å². The molecule has 0 radical (unpaired) electrons. The summed E-state index contributed by atoms with van der Waals surface area (Å²) in [5.74, 6) is -0.110. The van der Waals surface area contributed by atoms with Gasteiger partial charge in [-0.1, -0.05) is 6.07 Å². The van der Waals surface area contributed by atoms with Gasteiger partial charge in [0.15, 0.2) is 0 Å². The number of pyridine rings is 1. The number of hydrogen-bond acceptors (Lipinski definition) is 5. The number of aromatic nitrogens is 1. The molecule has 25 heavy (non-hydrogen) atoms. The van der Waals surface area contributed by atoms with E-state index in [2.05, 4.69) is 9.88 Å². The Kier molecular flexibility index (Phi) is 5.06. The van der Waals surface area contributed by atoms with Crippen molar-refractivity contribution < 1.29 is 14.7 Å². The predicted octanol–water partition coefficient (Wildman–Crippen LogP) is 1.08. The van der Waals surface area contributed by atoms with Gasteiger partial charge < -0.3 is 10.0 Å². The normalized spacial score (nSPS) is 22.0. The lowest BCUT2D eigenvalue weighted by Crippen LogP contribution is -2.58. The fourth-order valence-electron chi connectivity index (χ4n) is 3.95. The highest BCUT2D eigenvalue weighted by atomic mass is 16.3. The Morgan fingerprint density at radius 3 is 2.56 bits per heavy atom. The molecule has 1 aromatic heterocycles. The fourth-order valence-corrected chi connectivity index (χ4v) is 3.95. The van der Waals surface area contributed by atoms with Crippen LogP contribution in [0.15, 0.2) is 24.4 Å². The minimum Gasteiger partial charge on any atom is -0.395 e. The van der Waals surface area contributed by atoms with E-state index in [1.165, 1.54) is 4.90 Å². The van der Waals surface area contributed by atoms with E-state index < -0.39 is 5.54 Å². The maximum atomic E-state index is 13.2. The molecule has 7 heteroatoms. The van der Waals surface area contributed by atoms with Crippen molar-refractivity contribution in [3.8, 4) is 0 Å². The molecule has 2 aliphatic rings. The van der Waals surface area contributed by atoms with Crippen molar-refractivity contribution in [2.75, 3.05) is 26.2 Å². The van der Waals surface area contributed by atoms with Crippen molar-refractivity contribution in [1.29, 1.82) is 0 Å². The number of urea groups is 1. The number of imide groups is 1. The first-order chi connectivity index (χ1) is 12.0. The number of piperidine rings is 1. The SMILES string of the molecule is CCN1C(=O)N(Cc2ccccn2)C(=O)C12CCN(C(C)CO)CC2. The molecule has 3 heterocycles. The monoisotopic (exact) mass is 346 g/mol. The molecular weight excluding hydrogens is 320 g/mol. The Labute approximate surface area is 148 Å². The van der Waals surface area contributed by atoms with Gasteiger partial charge in [0.25, 0.3) is 5.91 Å². The summed E-state index contributed by atoms with van der Waals surface area (Å²) >= 11 is 0. The predicted molar refractivity (Wildman–Crippen MR) is 92.6 cm³/mol. The van der Waals surface area contributed by atoms with Crippen LogP contribution in [0.1, 0.15) is 32.4 Å². The number of likely N-dealkylation sites (N-methyl/N-ethyl adjacent to an activating group) is 1. The van der Waals surface area contributed by atoms with Gasteiger partial charge in [0, 0.05) is 31.9 Å². The van der Waals surface area contributed by atoms with E-state index >= 15 is 0 Å². The number of aliphatic hydroxyl groups excluding tert-OH is 1. The van der Waals surface area contributed by atoms with Gasteiger partial charge in [-0.05, 0) is 38.8 Å². The second-order valence-corrected chi connectivity index (χ2v) is 6.84. The Bertz CT molecular complexity index is 628. The van der Waals surface area contributed by atoms with Gasteiger partial charge >= 0.3 is 6.03 Å². The molecule has 0 aliphatic carbocycles. The summed E-state index contributed by atoms with van der Waals surface area (Å²) in [7, 11) is 0. The van der Waals surface area contributed by atoms with Crippen molar-refractivity contribution in [2.24, 2.45) is 0 Å². The second kappa shape index (κ2) is 7.09. The second-order valence-electron chi connectivity index (χ2n) is 6.84. The van der Waals surface area contributed by atoms with Crippen LogP contribution in [0.4, 0.5) is 4.79 Å². The number of amides is 3. The van der Waals surface area contributed by atoms with Gasteiger partial charge in [0.05, 0.1) is 18.8 Å². The van der Waals surface area contributed by atoms with E-state index in [0.717, 1.165) is 0 Å². The molecule has 0 aromatic carbocycles. The lowest BCUT2D eigenvalue weighted by molar-refractivity contribution is -0.136. The van der Waals surface area contributed by atoms with Crippen LogP contribution in [-0.2, 0) is 11.3 Å². The van der Waals surface area contributed by atoms with E-state index in [1.54, 1.807) is 11.1 Å². The van der Waals surface area contributed by atoms with E-state index in [1.807, 2.05) is 32.0 Å². The average Bonchev–Trinajstić information content (AvgIpc) is 2.83. The van der Waals surface area contributed by atoms with Crippen molar-refractivity contribution in [2.45, 2.75) is 44.8 Å². The zero-order valence-corrected chi connectivity index (χ0v) is 14.9. The molecule has 2 saturated heterocycles. The number of hydrogen-bond donors (Lipinski definition) is 1. The van der Waals surface area contributed by atoms with Gasteiger partial charge in [-0.2, -0.15) is 0 Å². The summed E-state index contributed by atoms with van der Waals surface area (Å²) in [5, 5.41) is 9.35. The minimum atomic E-state index is -0.744. The van der Waals surface area contributed by atoms with Crippen molar-refractivity contribution in [3.63, 3.8) is 0 Å². The first-order valence-corrected chi connectivity index (χ1v) is 8.92. The van der Waals surface area contributed by atoms with Crippen molar-refractivity contribution in [1.82, 2.24) is 19.7 Å². The summed E-state index contributed by atoms with van der Waals surface area (Å²) in [6.45, 7) is 6.13. The number of likely N-dealkylation sites (tertiary alicyclic amines) is 1. The molecule has 136 valence electrons. The smallest absolute Gasteiger partial charge is 0.328 e. The molecular formula is C18H26N4O3. The van der Waals surface area contributed by atoms with Crippen LogP contribution >= 0.6 is 0 Å². The highest BCUT2D eigenvalue weighted by molar-refractivity contribution is 6.07. The lowest BCUT2D eigenvalue weighted by Gasteiger charge is -2.43. The van der Waals surface area contributed by atoms with Crippen LogP contribution in [0.3, 0.4) is 0 Å². The van der Waals surface area contributed by atoms with Crippen molar-refractivity contribution >= 4 is 11.9 Å². The third-order valence-electron chi connectivity index (χ3n) is 5.50. The molecule has 1 atom stereocenters. The molecule has 3 amide bonds. The van der Waals surface area contributed by atoms with Crippen LogP contribution in [0.25, 0.3) is 0 Å². The molecule has 2 aliphatic heterocycles. The summed E-state index contributed by atoms with van der Waals surface area (Å²) in [6, 6.07) is 5.35. The maximum Gasteiger partial charge on any atom is 0.328 e. The first-order valence-electron chi connectivity index (χ1n) is 8.92. The maximum absolute atomic E-state index is 13.2. The Morgan fingerprint density at radius 2 is 2.00 bits per heavy atom. The van der Waals surface area contributed by atoms with E-state index in [9.17, 15) is 14.7 Å². The number of carbonyl (C=O) groups is 2. The fraction of sp³-hybridized carbons (Fsp3) is 0.611. The van der Waals surface area contributed by atoms with Gasteiger partial charge in [-0.3, -0.25) is 19.6 Å². The Balaban J connectivity index is 1.80. The van der Waals surface area contributed by atoms with Gasteiger partial charge in [0.2, 0.25) is 0 Å². The summed E-state index contributed by atoms with van der Waals surface area (Å²) in [5.41, 5.74) is -0.0321. The van der Waals surface area contributed by atoms with Crippen LogP contribution < -0.4 is 0 Å². The summed E-state index contributed by atoms with van der Waals surface area (Å²) < 4.78 is 0. The van der Waals surface area contributed by atoms with Crippen molar-refractivity contribution in [3.05, 3.63) is 30.1 Å². The standard InChI is InChI=1S/C18H26N4O3/c1-3-22-17(25)21(12-15-6-4-5-9-19-15)16(24)18(22)7-10-20(11-8-18)14(2)13-23/h4-6,9,14,23H,3,7-8,10-13H2,1-2H3. The zero-order chi connectivity index (χ0) is 18.0. The molecule has 1 N–H and O–H groups in total. The quantitative estimate of drug-likeness (QED) is 0.808. The minimum absolute atomic E-state index is 0.0734. The lowest BCUT2D eigenvalue weighted by atomic mass is 9.85. The third-order valence-corrected chi connectivity index (χ3v) is 5.50. The van der Waals surface area contributed by atoms with Gasteiger partial charge in [0.1, 0.15) is 5.54 Å². The largest absolute Gasteiger partial charge is 0.395 e. The zero-order valence-electron chi connectivity index (χ0n) is 14.9. The van der Waals surface area contributed by atoms with E-state index in [-0.39, 0.29) is 31.1 Å². The van der Waals surface area contributed by atoms with E-state index in [0.29, 0.717) is 38.2 Å². The summed E-state index contributed by atoms with van der Waals surface area (Å²) in [4.78, 5) is 35.5. The highest BCUT2D eigenvalue weighted by Gasteiger charge is 2.57. The van der Waals surface area contributed by atoms with Gasteiger partial charge in [-0.25, -0.2) is 4.79 Å². The topological polar surface area (TPSA) is 77.0 Å². The van der Waals surface area contributed by atoms with Crippen LogP contribution in [0.2, 0.25) is 0 Å². The number of aliphatic hydroxyl groups is 1.